The Morgan fingerprint density at radius 1 is 0.923 bits per heavy atom. The van der Waals surface area contributed by atoms with Crippen molar-refractivity contribution in [1.29, 1.82) is 0 Å². The number of alkyl halides is 3. The molecular weight excluding hydrogens is 507 g/mol. The van der Waals surface area contributed by atoms with Crippen LogP contribution in [0.25, 0.3) is 11.4 Å². The molecule has 4 aromatic rings. The lowest BCUT2D eigenvalue weighted by Gasteiger charge is -2.36. The van der Waals surface area contributed by atoms with Crippen molar-refractivity contribution in [3.63, 3.8) is 0 Å². The van der Waals surface area contributed by atoms with Crippen molar-refractivity contribution in [3.8, 4) is 17.1 Å². The third kappa shape index (κ3) is 5.95. The first-order valence-corrected chi connectivity index (χ1v) is 12.4. The summed E-state index contributed by atoms with van der Waals surface area (Å²) in [6.45, 7) is 1.48. The summed E-state index contributed by atoms with van der Waals surface area (Å²) in [7, 11) is 1.57. The van der Waals surface area contributed by atoms with E-state index in [2.05, 4.69) is 15.3 Å². The minimum absolute atomic E-state index is 0.260. The smallest absolute Gasteiger partial charge is 0.416 e. The monoisotopic (exact) mass is 533 g/mol. The van der Waals surface area contributed by atoms with Gasteiger partial charge in [0.2, 0.25) is 0 Å². The lowest BCUT2D eigenvalue weighted by Crippen LogP contribution is -2.49. The highest BCUT2D eigenvalue weighted by Crippen LogP contribution is 2.32. The van der Waals surface area contributed by atoms with Gasteiger partial charge in [-0.15, -0.1) is 0 Å². The Bertz CT molecular complexity index is 1460. The average molecular weight is 534 g/mol. The number of carbonyl (C=O) groups is 1. The molecule has 2 heterocycles. The van der Waals surface area contributed by atoms with E-state index in [4.69, 9.17) is 4.74 Å². The molecule has 0 radical (unpaired) electrons. The highest BCUT2D eigenvalue weighted by Gasteiger charge is 2.31. The topological polar surface area (TPSA) is 70.6 Å². The first-order chi connectivity index (χ1) is 18.8. The predicted octanol–water partition coefficient (Wildman–Crippen LogP) is 5.88. The average Bonchev–Trinajstić information content (AvgIpc) is 2.97. The minimum Gasteiger partial charge on any atom is -0.497 e. The molecule has 1 saturated heterocycles. The molecule has 0 unspecified atom stereocenters. The van der Waals surface area contributed by atoms with Crippen LogP contribution in [-0.4, -0.2) is 54.1 Å². The number of anilines is 3. The zero-order valence-corrected chi connectivity index (χ0v) is 21.2. The van der Waals surface area contributed by atoms with Crippen LogP contribution in [0.4, 0.5) is 30.4 Å². The van der Waals surface area contributed by atoms with Crippen molar-refractivity contribution in [2.24, 2.45) is 0 Å². The zero-order valence-electron chi connectivity index (χ0n) is 21.2. The molecule has 1 N–H and O–H groups in total. The van der Waals surface area contributed by atoms with Crippen LogP contribution in [0, 0.1) is 0 Å². The van der Waals surface area contributed by atoms with Gasteiger partial charge in [-0.2, -0.15) is 13.2 Å². The van der Waals surface area contributed by atoms with E-state index in [-0.39, 0.29) is 5.91 Å². The first kappa shape index (κ1) is 26.0. The maximum Gasteiger partial charge on any atom is 0.416 e. The van der Waals surface area contributed by atoms with Crippen LogP contribution >= 0.6 is 0 Å². The Hall–Kier alpha value is -4.60. The molecule has 0 aliphatic carbocycles. The lowest BCUT2D eigenvalue weighted by molar-refractivity contribution is -0.137. The van der Waals surface area contributed by atoms with E-state index in [0.717, 1.165) is 17.7 Å². The van der Waals surface area contributed by atoms with Crippen LogP contribution in [-0.2, 0) is 6.18 Å². The summed E-state index contributed by atoms with van der Waals surface area (Å²) in [5, 5.41) is 3.24. The molecule has 1 aromatic heterocycles. The fraction of sp³-hybridized carbons (Fsp3) is 0.207. The number of methoxy groups -OCH3 is 1. The summed E-state index contributed by atoms with van der Waals surface area (Å²) in [5.74, 6) is 1.20. The number of nitrogens with one attached hydrogen (secondary N) is 1. The highest BCUT2D eigenvalue weighted by molar-refractivity contribution is 5.99. The summed E-state index contributed by atoms with van der Waals surface area (Å²) < 4.78 is 44.8. The Balaban J connectivity index is 1.38. The molecule has 0 atom stereocenters. The first-order valence-electron chi connectivity index (χ1n) is 12.4. The second-order valence-electron chi connectivity index (χ2n) is 9.01. The van der Waals surface area contributed by atoms with Gasteiger partial charge in [-0.25, -0.2) is 9.97 Å². The Morgan fingerprint density at radius 2 is 1.67 bits per heavy atom. The minimum atomic E-state index is -4.41. The molecule has 0 saturated carbocycles. The zero-order chi connectivity index (χ0) is 27.4. The van der Waals surface area contributed by atoms with Gasteiger partial charge in [0, 0.05) is 55.4 Å². The van der Waals surface area contributed by atoms with E-state index in [9.17, 15) is 18.0 Å². The van der Waals surface area contributed by atoms with Gasteiger partial charge in [-0.05, 0) is 30.3 Å². The third-order valence-corrected chi connectivity index (χ3v) is 6.49. The van der Waals surface area contributed by atoms with E-state index < -0.39 is 11.7 Å². The summed E-state index contributed by atoms with van der Waals surface area (Å²) >= 11 is 0. The molecule has 200 valence electrons. The normalized spacial score (nSPS) is 13.7. The van der Waals surface area contributed by atoms with Crippen molar-refractivity contribution in [3.05, 3.63) is 96.2 Å². The number of hydrogen-bond donors (Lipinski definition) is 1. The number of halogens is 3. The molecular formula is C29H26F3N5O2. The van der Waals surface area contributed by atoms with Gasteiger partial charge in [0.05, 0.1) is 12.7 Å². The molecule has 1 fully saturated rings. The van der Waals surface area contributed by atoms with Crippen LogP contribution < -0.4 is 15.0 Å². The predicted molar refractivity (Wildman–Crippen MR) is 143 cm³/mol. The van der Waals surface area contributed by atoms with E-state index >= 15 is 0 Å². The van der Waals surface area contributed by atoms with E-state index in [1.165, 1.54) is 12.3 Å². The standard InChI is InChI=1S/C29H26F3N5O2/c1-39-24-12-6-10-22(18-24)34-27-25(19-33-26(35-27)20-7-3-2-4-8-20)28(38)37-15-13-36(14-16-37)23-11-5-9-21(17-23)29(30,31)32/h2-12,17-19H,13-16H2,1H3,(H,33,34,35). The number of ether oxygens (including phenoxy) is 1. The fourth-order valence-electron chi connectivity index (χ4n) is 4.41. The Kier molecular flexibility index (Phi) is 7.36. The molecule has 7 nitrogen and oxygen atoms in total. The van der Waals surface area contributed by atoms with Crippen LogP contribution in [0.5, 0.6) is 5.75 Å². The fourth-order valence-corrected chi connectivity index (χ4v) is 4.41. The molecule has 1 aliphatic rings. The van der Waals surface area contributed by atoms with E-state index in [0.29, 0.717) is 60.5 Å². The van der Waals surface area contributed by atoms with Gasteiger partial charge in [0.1, 0.15) is 17.1 Å². The lowest BCUT2D eigenvalue weighted by atomic mass is 10.1. The second-order valence-corrected chi connectivity index (χ2v) is 9.01. The van der Waals surface area contributed by atoms with Crippen LogP contribution in [0.1, 0.15) is 15.9 Å². The molecule has 1 amide bonds. The largest absolute Gasteiger partial charge is 0.497 e. The number of amides is 1. The molecule has 1 aliphatic heterocycles. The van der Waals surface area contributed by atoms with Crippen molar-refractivity contribution in [2.75, 3.05) is 43.5 Å². The Morgan fingerprint density at radius 3 is 2.38 bits per heavy atom. The summed E-state index contributed by atoms with van der Waals surface area (Å²) in [6.07, 6.45) is -2.90. The van der Waals surface area contributed by atoms with Crippen molar-refractivity contribution in [2.45, 2.75) is 6.18 Å². The van der Waals surface area contributed by atoms with Crippen molar-refractivity contribution < 1.29 is 22.7 Å². The summed E-state index contributed by atoms with van der Waals surface area (Å²) in [4.78, 5) is 26.3. The molecule has 39 heavy (non-hydrogen) atoms. The van der Waals surface area contributed by atoms with E-state index in [1.807, 2.05) is 53.4 Å². The third-order valence-electron chi connectivity index (χ3n) is 6.49. The van der Waals surface area contributed by atoms with Crippen LogP contribution in [0.15, 0.2) is 85.1 Å². The highest BCUT2D eigenvalue weighted by atomic mass is 19.4. The molecule has 0 spiro atoms. The van der Waals surface area contributed by atoms with Crippen molar-refractivity contribution in [1.82, 2.24) is 14.9 Å². The number of hydrogen-bond acceptors (Lipinski definition) is 6. The van der Waals surface area contributed by atoms with Gasteiger partial charge in [-0.1, -0.05) is 42.5 Å². The van der Waals surface area contributed by atoms with Gasteiger partial charge < -0.3 is 19.9 Å². The van der Waals surface area contributed by atoms with Crippen LogP contribution in [0.3, 0.4) is 0 Å². The quantitative estimate of drug-likeness (QED) is 0.334. The van der Waals surface area contributed by atoms with Gasteiger partial charge in [-0.3, -0.25) is 4.79 Å². The SMILES string of the molecule is COc1cccc(Nc2nc(-c3ccccc3)ncc2C(=O)N2CCN(c3cccc(C(F)(F)F)c3)CC2)c1. The Labute approximate surface area is 223 Å². The maximum atomic E-state index is 13.6. The van der Waals surface area contributed by atoms with Gasteiger partial charge in [0.25, 0.3) is 5.91 Å². The number of aromatic nitrogens is 2. The molecule has 5 rings (SSSR count). The number of nitrogens with zero attached hydrogens (tertiary/aromatic N) is 4. The molecule has 3 aromatic carbocycles. The number of rotatable bonds is 6. The van der Waals surface area contributed by atoms with Gasteiger partial charge in [0.15, 0.2) is 5.82 Å². The summed E-state index contributed by atoms with van der Waals surface area (Å²) in [5.41, 5.74) is 1.58. The van der Waals surface area contributed by atoms with Gasteiger partial charge >= 0.3 is 6.18 Å². The van der Waals surface area contributed by atoms with E-state index in [1.54, 1.807) is 24.1 Å². The number of piperazine rings is 1. The second kappa shape index (κ2) is 11.0. The maximum absolute atomic E-state index is 13.6. The molecule has 0 bridgehead atoms. The molecule has 10 heteroatoms. The number of benzene rings is 3. The van der Waals surface area contributed by atoms with Crippen LogP contribution in [0.2, 0.25) is 0 Å². The number of carbonyl (C=O) groups excluding carboxylic acids is 1. The summed E-state index contributed by atoms with van der Waals surface area (Å²) in [6, 6.07) is 22.0. The van der Waals surface area contributed by atoms with Crippen molar-refractivity contribution >= 4 is 23.1 Å².